The number of hydrogen-bond acceptors (Lipinski definition) is 4. The van der Waals surface area contributed by atoms with Gasteiger partial charge in [0.1, 0.15) is 0 Å². The molecule has 1 heterocycles. The van der Waals surface area contributed by atoms with E-state index in [1.54, 1.807) is 18.9 Å². The molecular formula is C17H23N3O2. The Morgan fingerprint density at radius 2 is 1.95 bits per heavy atom. The van der Waals surface area contributed by atoms with E-state index in [2.05, 4.69) is 4.98 Å². The van der Waals surface area contributed by atoms with E-state index < -0.39 is 0 Å². The highest BCUT2D eigenvalue weighted by atomic mass is 16.4. The monoisotopic (exact) mass is 301 g/mol. The minimum atomic E-state index is -0.172. The zero-order valence-corrected chi connectivity index (χ0v) is 13.6. The van der Waals surface area contributed by atoms with Crippen molar-refractivity contribution in [3.63, 3.8) is 0 Å². The molecule has 22 heavy (non-hydrogen) atoms. The molecular weight excluding hydrogens is 278 g/mol. The Balaban J connectivity index is 2.22. The first-order valence-electron chi connectivity index (χ1n) is 7.32. The number of carbonyl (C=O) groups is 1. The van der Waals surface area contributed by atoms with Crippen molar-refractivity contribution in [2.45, 2.75) is 20.8 Å². The van der Waals surface area contributed by atoms with Gasteiger partial charge in [0.15, 0.2) is 0 Å². The Hall–Kier alpha value is -2.14. The first kappa shape index (κ1) is 16.2. The van der Waals surface area contributed by atoms with E-state index in [1.807, 2.05) is 44.2 Å². The van der Waals surface area contributed by atoms with E-state index in [0.717, 1.165) is 5.56 Å². The number of oxazole rings is 1. The minimum absolute atomic E-state index is 0.138. The van der Waals surface area contributed by atoms with Gasteiger partial charge in [-0.05, 0) is 31.0 Å². The first-order valence-corrected chi connectivity index (χ1v) is 7.32. The summed E-state index contributed by atoms with van der Waals surface area (Å²) in [6.45, 7) is 6.91. The van der Waals surface area contributed by atoms with E-state index in [1.165, 1.54) is 0 Å². The maximum atomic E-state index is 12.6. The van der Waals surface area contributed by atoms with Gasteiger partial charge in [-0.25, -0.2) is 4.98 Å². The van der Waals surface area contributed by atoms with Crippen LogP contribution in [-0.2, 0) is 0 Å². The summed E-state index contributed by atoms with van der Waals surface area (Å²) in [4.78, 5) is 18.6. The third-order valence-corrected chi connectivity index (χ3v) is 3.58. The molecule has 1 amide bonds. The van der Waals surface area contributed by atoms with E-state index in [4.69, 9.17) is 10.2 Å². The van der Waals surface area contributed by atoms with Gasteiger partial charge in [0.25, 0.3) is 5.91 Å². The second-order valence-corrected chi connectivity index (χ2v) is 6.33. The lowest BCUT2D eigenvalue weighted by Crippen LogP contribution is -2.39. The average molecular weight is 301 g/mol. The zero-order chi connectivity index (χ0) is 16.3. The van der Waals surface area contributed by atoms with Gasteiger partial charge >= 0.3 is 0 Å². The molecule has 0 atom stereocenters. The van der Waals surface area contributed by atoms with Gasteiger partial charge in [-0.3, -0.25) is 4.79 Å². The zero-order valence-electron chi connectivity index (χ0n) is 13.6. The highest BCUT2D eigenvalue weighted by molar-refractivity contribution is 5.92. The number of aryl methyl sites for hydroxylation is 1. The topological polar surface area (TPSA) is 72.4 Å². The molecule has 0 bridgehead atoms. The molecule has 2 aromatic rings. The van der Waals surface area contributed by atoms with E-state index in [0.29, 0.717) is 24.7 Å². The fraction of sp³-hybridized carbons (Fsp3) is 0.412. The van der Waals surface area contributed by atoms with Crippen molar-refractivity contribution in [1.82, 2.24) is 9.88 Å². The highest BCUT2D eigenvalue weighted by Crippen LogP contribution is 2.23. The Labute approximate surface area is 131 Å². The summed E-state index contributed by atoms with van der Waals surface area (Å²) in [5.41, 5.74) is 7.05. The van der Waals surface area contributed by atoms with Crippen LogP contribution < -0.4 is 5.73 Å². The lowest BCUT2D eigenvalue weighted by Gasteiger charge is -2.28. The van der Waals surface area contributed by atoms with Crippen LogP contribution in [0.1, 0.15) is 30.1 Å². The van der Waals surface area contributed by atoms with E-state index >= 15 is 0 Å². The molecule has 2 rings (SSSR count). The van der Waals surface area contributed by atoms with Crippen molar-refractivity contribution in [3.05, 3.63) is 41.8 Å². The van der Waals surface area contributed by atoms with Crippen molar-refractivity contribution < 1.29 is 9.21 Å². The van der Waals surface area contributed by atoms with Gasteiger partial charge < -0.3 is 15.1 Å². The summed E-state index contributed by atoms with van der Waals surface area (Å²) in [6.07, 6.45) is 0. The molecule has 0 aliphatic rings. The molecule has 5 heteroatoms. The highest BCUT2D eigenvalue weighted by Gasteiger charge is 2.26. The number of nitrogens with zero attached hydrogens (tertiary/aromatic N) is 2. The summed E-state index contributed by atoms with van der Waals surface area (Å²) in [5.74, 6) is 0.579. The fourth-order valence-electron chi connectivity index (χ4n) is 2.25. The second kappa shape index (κ2) is 6.32. The number of benzene rings is 1. The summed E-state index contributed by atoms with van der Waals surface area (Å²) in [5, 5.41) is 0. The maximum Gasteiger partial charge on any atom is 0.291 e. The molecule has 2 N–H and O–H groups in total. The van der Waals surface area contributed by atoms with Gasteiger partial charge in [-0.15, -0.1) is 0 Å². The van der Waals surface area contributed by atoms with Crippen LogP contribution in [0.5, 0.6) is 0 Å². The standard InChI is InChI=1S/C17H23N3O2/c1-12-14(16(21)20(4)11-17(2,3)10-18)22-15(19-12)13-8-6-5-7-9-13/h5-9H,10-11,18H2,1-4H3. The molecule has 0 unspecified atom stereocenters. The molecule has 1 aromatic heterocycles. The summed E-state index contributed by atoms with van der Waals surface area (Å²) in [6, 6.07) is 9.55. The molecule has 0 saturated carbocycles. The Kier molecular flexibility index (Phi) is 4.66. The van der Waals surface area contributed by atoms with Crippen LogP contribution >= 0.6 is 0 Å². The lowest BCUT2D eigenvalue weighted by atomic mass is 9.93. The molecule has 0 aliphatic heterocycles. The van der Waals surface area contributed by atoms with Crippen molar-refractivity contribution >= 4 is 5.91 Å². The maximum absolute atomic E-state index is 12.6. The number of aromatic nitrogens is 1. The molecule has 0 saturated heterocycles. The molecule has 0 spiro atoms. The van der Waals surface area contributed by atoms with Gasteiger partial charge in [0.2, 0.25) is 11.7 Å². The molecule has 0 aliphatic carbocycles. The van der Waals surface area contributed by atoms with Gasteiger partial charge in [-0.2, -0.15) is 0 Å². The van der Waals surface area contributed by atoms with Crippen LogP contribution in [0.15, 0.2) is 34.7 Å². The normalized spacial score (nSPS) is 11.5. The average Bonchev–Trinajstić information content (AvgIpc) is 2.89. The summed E-state index contributed by atoms with van der Waals surface area (Å²) >= 11 is 0. The third kappa shape index (κ3) is 3.54. The quantitative estimate of drug-likeness (QED) is 0.921. The van der Waals surface area contributed by atoms with Crippen molar-refractivity contribution in [1.29, 1.82) is 0 Å². The van der Waals surface area contributed by atoms with Gasteiger partial charge in [0.05, 0.1) is 5.69 Å². The predicted molar refractivity (Wildman–Crippen MR) is 86.5 cm³/mol. The number of hydrogen-bond donors (Lipinski definition) is 1. The molecule has 0 fully saturated rings. The fourth-order valence-corrected chi connectivity index (χ4v) is 2.25. The third-order valence-electron chi connectivity index (χ3n) is 3.58. The van der Waals surface area contributed by atoms with Gasteiger partial charge in [-0.1, -0.05) is 32.0 Å². The van der Waals surface area contributed by atoms with Crippen molar-refractivity contribution in [2.24, 2.45) is 11.1 Å². The SMILES string of the molecule is Cc1nc(-c2ccccc2)oc1C(=O)N(C)CC(C)(C)CN. The van der Waals surface area contributed by atoms with Gasteiger partial charge in [0, 0.05) is 19.2 Å². The smallest absolute Gasteiger partial charge is 0.291 e. The van der Waals surface area contributed by atoms with Crippen LogP contribution in [0.25, 0.3) is 11.5 Å². The van der Waals surface area contributed by atoms with Crippen LogP contribution in [0.4, 0.5) is 0 Å². The number of nitrogens with two attached hydrogens (primary N) is 1. The summed E-state index contributed by atoms with van der Waals surface area (Å²) in [7, 11) is 1.75. The molecule has 5 nitrogen and oxygen atoms in total. The van der Waals surface area contributed by atoms with Crippen LogP contribution in [0.3, 0.4) is 0 Å². The lowest BCUT2D eigenvalue weighted by molar-refractivity contribution is 0.0709. The van der Waals surface area contributed by atoms with Crippen molar-refractivity contribution in [2.75, 3.05) is 20.1 Å². The number of carbonyl (C=O) groups excluding carboxylic acids is 1. The van der Waals surface area contributed by atoms with Crippen LogP contribution in [0.2, 0.25) is 0 Å². The van der Waals surface area contributed by atoms with E-state index in [-0.39, 0.29) is 17.1 Å². The first-order chi connectivity index (χ1) is 10.3. The minimum Gasteiger partial charge on any atom is -0.431 e. The molecule has 118 valence electrons. The number of rotatable bonds is 5. The predicted octanol–water partition coefficient (Wildman–Crippen LogP) is 2.71. The van der Waals surface area contributed by atoms with Crippen molar-refractivity contribution in [3.8, 4) is 11.5 Å². The Bertz CT molecular complexity index is 647. The van der Waals surface area contributed by atoms with Crippen LogP contribution in [-0.4, -0.2) is 35.9 Å². The van der Waals surface area contributed by atoms with E-state index in [9.17, 15) is 4.79 Å². The number of amides is 1. The Morgan fingerprint density at radius 1 is 1.32 bits per heavy atom. The molecule has 1 aromatic carbocycles. The summed E-state index contributed by atoms with van der Waals surface area (Å²) < 4.78 is 5.70. The second-order valence-electron chi connectivity index (χ2n) is 6.33. The Morgan fingerprint density at radius 3 is 2.55 bits per heavy atom. The largest absolute Gasteiger partial charge is 0.431 e. The van der Waals surface area contributed by atoms with Crippen LogP contribution in [0, 0.1) is 12.3 Å². The molecule has 0 radical (unpaired) electrons.